The van der Waals surface area contributed by atoms with Crippen LogP contribution in [0, 0.1) is 0 Å². The molecule has 2 N–H and O–H groups in total. The van der Waals surface area contributed by atoms with Crippen molar-refractivity contribution in [2.45, 2.75) is 6.43 Å². The second-order valence-electron chi connectivity index (χ2n) is 2.60. The smallest absolute Gasteiger partial charge is 0.263 e. The SMILES string of the molecule is C=C(N)c1cc(Br)cc(C(F)F)c1. The Labute approximate surface area is 83.4 Å². The van der Waals surface area contributed by atoms with Gasteiger partial charge in [-0.05, 0) is 23.8 Å². The van der Waals surface area contributed by atoms with Crippen molar-refractivity contribution >= 4 is 21.6 Å². The molecule has 0 unspecified atom stereocenters. The maximum Gasteiger partial charge on any atom is 0.263 e. The molecule has 0 saturated heterocycles. The highest BCUT2D eigenvalue weighted by Gasteiger charge is 2.09. The summed E-state index contributed by atoms with van der Waals surface area (Å²) >= 11 is 3.12. The lowest BCUT2D eigenvalue weighted by atomic mass is 10.1. The van der Waals surface area contributed by atoms with Gasteiger partial charge in [0.25, 0.3) is 6.43 Å². The third-order valence-electron chi connectivity index (χ3n) is 1.54. The van der Waals surface area contributed by atoms with E-state index in [9.17, 15) is 8.78 Å². The Morgan fingerprint density at radius 1 is 1.38 bits per heavy atom. The van der Waals surface area contributed by atoms with Gasteiger partial charge < -0.3 is 5.73 Å². The van der Waals surface area contributed by atoms with Gasteiger partial charge in [0.05, 0.1) is 0 Å². The molecule has 0 amide bonds. The molecule has 4 heteroatoms. The summed E-state index contributed by atoms with van der Waals surface area (Å²) in [6, 6.07) is 4.34. The van der Waals surface area contributed by atoms with E-state index in [4.69, 9.17) is 5.73 Å². The minimum absolute atomic E-state index is 0.0593. The Balaban J connectivity index is 3.19. The first-order valence-corrected chi connectivity index (χ1v) is 4.33. The third-order valence-corrected chi connectivity index (χ3v) is 2.00. The summed E-state index contributed by atoms with van der Waals surface area (Å²) in [6.45, 7) is 3.48. The van der Waals surface area contributed by atoms with E-state index in [2.05, 4.69) is 22.5 Å². The van der Waals surface area contributed by atoms with Crippen molar-refractivity contribution in [3.05, 3.63) is 40.4 Å². The molecule has 1 aromatic rings. The molecule has 0 aromatic heterocycles. The Morgan fingerprint density at radius 2 is 2.00 bits per heavy atom. The van der Waals surface area contributed by atoms with Crippen LogP contribution in [-0.4, -0.2) is 0 Å². The molecule has 0 saturated carbocycles. The van der Waals surface area contributed by atoms with E-state index in [0.29, 0.717) is 10.0 Å². The van der Waals surface area contributed by atoms with E-state index >= 15 is 0 Å². The minimum Gasteiger partial charge on any atom is -0.399 e. The van der Waals surface area contributed by atoms with E-state index in [0.717, 1.165) is 0 Å². The summed E-state index contributed by atoms with van der Waals surface area (Å²) in [5, 5.41) is 0. The number of rotatable bonds is 2. The summed E-state index contributed by atoms with van der Waals surface area (Å²) in [7, 11) is 0. The lowest BCUT2D eigenvalue weighted by Gasteiger charge is -2.05. The lowest BCUT2D eigenvalue weighted by Crippen LogP contribution is -1.95. The van der Waals surface area contributed by atoms with Crippen LogP contribution in [0.25, 0.3) is 5.70 Å². The molecule has 0 aliphatic heterocycles. The molecule has 0 heterocycles. The van der Waals surface area contributed by atoms with Gasteiger partial charge >= 0.3 is 0 Å². The highest BCUT2D eigenvalue weighted by atomic mass is 79.9. The van der Waals surface area contributed by atoms with Crippen LogP contribution in [0.5, 0.6) is 0 Å². The third kappa shape index (κ3) is 2.52. The predicted molar refractivity (Wildman–Crippen MR) is 52.3 cm³/mol. The van der Waals surface area contributed by atoms with Crippen LogP contribution in [0.1, 0.15) is 17.6 Å². The van der Waals surface area contributed by atoms with E-state index in [1.807, 2.05) is 0 Å². The van der Waals surface area contributed by atoms with Crippen molar-refractivity contribution in [2.75, 3.05) is 0 Å². The van der Waals surface area contributed by atoms with Crippen molar-refractivity contribution in [2.24, 2.45) is 5.73 Å². The normalized spacial score (nSPS) is 10.5. The predicted octanol–water partition coefficient (Wildman–Crippen LogP) is 3.32. The van der Waals surface area contributed by atoms with Crippen LogP contribution in [0.15, 0.2) is 29.3 Å². The fraction of sp³-hybridized carbons (Fsp3) is 0.111. The van der Waals surface area contributed by atoms with Crippen LogP contribution >= 0.6 is 15.9 Å². The Hall–Kier alpha value is -0.900. The second kappa shape index (κ2) is 3.87. The van der Waals surface area contributed by atoms with Gasteiger partial charge in [-0.15, -0.1) is 0 Å². The van der Waals surface area contributed by atoms with Crippen molar-refractivity contribution in [3.63, 3.8) is 0 Å². The number of hydrogen-bond donors (Lipinski definition) is 1. The fourth-order valence-electron chi connectivity index (χ4n) is 0.924. The van der Waals surface area contributed by atoms with Crippen LogP contribution in [-0.2, 0) is 0 Å². The highest BCUT2D eigenvalue weighted by Crippen LogP contribution is 2.25. The first-order chi connectivity index (χ1) is 6.00. The number of benzene rings is 1. The van der Waals surface area contributed by atoms with Crippen LogP contribution in [0.2, 0.25) is 0 Å². The molecular weight excluding hydrogens is 240 g/mol. The van der Waals surface area contributed by atoms with E-state index in [1.165, 1.54) is 12.1 Å². The summed E-state index contributed by atoms with van der Waals surface area (Å²) in [5.74, 6) is 0. The summed E-state index contributed by atoms with van der Waals surface area (Å²) in [6.07, 6.45) is -2.49. The first-order valence-electron chi connectivity index (χ1n) is 3.54. The van der Waals surface area contributed by atoms with Gasteiger partial charge in [-0.2, -0.15) is 0 Å². The van der Waals surface area contributed by atoms with Gasteiger partial charge in [0, 0.05) is 15.7 Å². The monoisotopic (exact) mass is 247 g/mol. The number of hydrogen-bond acceptors (Lipinski definition) is 1. The van der Waals surface area contributed by atoms with Crippen LogP contribution in [0.4, 0.5) is 8.78 Å². The fourth-order valence-corrected chi connectivity index (χ4v) is 1.43. The van der Waals surface area contributed by atoms with E-state index < -0.39 is 6.43 Å². The molecule has 0 spiro atoms. The van der Waals surface area contributed by atoms with Crippen molar-refractivity contribution in [3.8, 4) is 0 Å². The lowest BCUT2D eigenvalue weighted by molar-refractivity contribution is 0.151. The molecule has 1 aromatic carbocycles. The van der Waals surface area contributed by atoms with Gasteiger partial charge in [0.2, 0.25) is 0 Å². The second-order valence-corrected chi connectivity index (χ2v) is 3.51. The average molecular weight is 248 g/mol. The first kappa shape index (κ1) is 10.2. The quantitative estimate of drug-likeness (QED) is 0.853. The largest absolute Gasteiger partial charge is 0.399 e. The maximum absolute atomic E-state index is 12.3. The zero-order valence-corrected chi connectivity index (χ0v) is 8.31. The minimum atomic E-state index is -2.49. The zero-order valence-electron chi connectivity index (χ0n) is 6.73. The molecule has 1 nitrogen and oxygen atoms in total. The molecule has 0 radical (unpaired) electrons. The molecule has 0 aliphatic rings. The van der Waals surface area contributed by atoms with Crippen LogP contribution < -0.4 is 5.73 Å². The maximum atomic E-state index is 12.3. The average Bonchev–Trinajstić information content (AvgIpc) is 2.03. The Bertz CT molecular complexity index is 336. The number of halogens is 3. The van der Waals surface area contributed by atoms with Crippen LogP contribution in [0.3, 0.4) is 0 Å². The molecule has 70 valence electrons. The van der Waals surface area contributed by atoms with Gasteiger partial charge in [0.1, 0.15) is 0 Å². The van der Waals surface area contributed by atoms with Crippen molar-refractivity contribution < 1.29 is 8.78 Å². The van der Waals surface area contributed by atoms with Gasteiger partial charge in [-0.1, -0.05) is 22.5 Å². The van der Waals surface area contributed by atoms with Crippen molar-refractivity contribution in [1.29, 1.82) is 0 Å². The van der Waals surface area contributed by atoms with E-state index in [-0.39, 0.29) is 11.3 Å². The summed E-state index contributed by atoms with van der Waals surface area (Å²) in [4.78, 5) is 0. The molecule has 1 rings (SSSR count). The molecule has 0 bridgehead atoms. The Kier molecular flexibility index (Phi) is 3.03. The summed E-state index contributed by atoms with van der Waals surface area (Å²) < 4.78 is 25.2. The highest BCUT2D eigenvalue weighted by molar-refractivity contribution is 9.10. The molecule has 0 atom stereocenters. The van der Waals surface area contributed by atoms with Gasteiger partial charge in [-0.3, -0.25) is 0 Å². The topological polar surface area (TPSA) is 26.0 Å². The molecule has 0 aliphatic carbocycles. The van der Waals surface area contributed by atoms with Gasteiger partial charge in [0.15, 0.2) is 0 Å². The number of nitrogens with two attached hydrogens (primary N) is 1. The zero-order chi connectivity index (χ0) is 10.0. The summed E-state index contributed by atoms with van der Waals surface area (Å²) in [5.41, 5.74) is 6.13. The van der Waals surface area contributed by atoms with Gasteiger partial charge in [-0.25, -0.2) is 8.78 Å². The van der Waals surface area contributed by atoms with Crippen molar-refractivity contribution in [1.82, 2.24) is 0 Å². The molecule has 0 fully saturated rings. The number of alkyl halides is 2. The molecular formula is C9H8BrF2N. The Morgan fingerprint density at radius 3 is 2.46 bits per heavy atom. The standard InChI is InChI=1S/C9H8BrF2N/c1-5(13)6-2-7(9(11)12)4-8(10)3-6/h2-4,9H,1,13H2. The van der Waals surface area contributed by atoms with E-state index in [1.54, 1.807) is 6.07 Å². The molecule has 13 heavy (non-hydrogen) atoms.